The van der Waals surface area contributed by atoms with Crippen molar-refractivity contribution in [2.24, 2.45) is 0 Å². The Morgan fingerprint density at radius 3 is 2.76 bits per heavy atom. The van der Waals surface area contributed by atoms with Crippen LogP contribution in [-0.2, 0) is 12.8 Å². The zero-order valence-electron chi connectivity index (χ0n) is 16.4. The summed E-state index contributed by atoms with van der Waals surface area (Å²) >= 11 is 3.09. The Kier molecular flexibility index (Phi) is 6.06. The summed E-state index contributed by atoms with van der Waals surface area (Å²) in [4.78, 5) is 25.5. The molecule has 0 unspecified atom stereocenters. The van der Waals surface area contributed by atoms with Crippen LogP contribution in [0.25, 0.3) is 10.6 Å². The van der Waals surface area contributed by atoms with Gasteiger partial charge in [0.15, 0.2) is 5.13 Å². The lowest BCUT2D eigenvalue weighted by molar-refractivity contribution is 0.0985. The summed E-state index contributed by atoms with van der Waals surface area (Å²) < 4.78 is 5.49. The van der Waals surface area contributed by atoms with E-state index in [2.05, 4.69) is 11.6 Å². The summed E-state index contributed by atoms with van der Waals surface area (Å²) in [5, 5.41) is 3.38. The first-order chi connectivity index (χ1) is 14.2. The van der Waals surface area contributed by atoms with E-state index in [1.165, 1.54) is 29.1 Å². The molecule has 1 aromatic carbocycles. The monoisotopic (exact) mass is 425 g/mol. The van der Waals surface area contributed by atoms with Gasteiger partial charge in [-0.1, -0.05) is 6.08 Å². The smallest absolute Gasteiger partial charge is 0.279 e. The number of thiazole rings is 2. The molecule has 0 saturated heterocycles. The molecule has 2 aromatic heterocycles. The quantitative estimate of drug-likeness (QED) is 0.477. The highest BCUT2D eigenvalue weighted by atomic mass is 32.1. The predicted molar refractivity (Wildman–Crippen MR) is 119 cm³/mol. The number of hydrogen-bond acceptors (Lipinski definition) is 6. The van der Waals surface area contributed by atoms with E-state index in [1.807, 2.05) is 36.6 Å². The second-order valence-electron chi connectivity index (χ2n) is 6.77. The molecule has 0 N–H and O–H groups in total. The normalized spacial score (nSPS) is 13.0. The van der Waals surface area contributed by atoms with E-state index in [0.717, 1.165) is 40.0 Å². The second-order valence-corrected chi connectivity index (χ2v) is 8.69. The van der Waals surface area contributed by atoms with Crippen molar-refractivity contribution in [3.05, 3.63) is 58.6 Å². The number of rotatable bonds is 7. The number of hydrogen-bond donors (Lipinski definition) is 0. The number of anilines is 1. The van der Waals surface area contributed by atoms with Gasteiger partial charge in [-0.3, -0.25) is 9.69 Å². The first-order valence-corrected chi connectivity index (χ1v) is 11.5. The zero-order valence-corrected chi connectivity index (χ0v) is 18.0. The fourth-order valence-corrected chi connectivity index (χ4v) is 5.29. The number of aryl methyl sites for hydroxylation is 2. The summed E-state index contributed by atoms with van der Waals surface area (Å²) in [6.07, 6.45) is 6.16. The van der Waals surface area contributed by atoms with Gasteiger partial charge in [0.25, 0.3) is 5.91 Å². The lowest BCUT2D eigenvalue weighted by Gasteiger charge is -2.16. The summed E-state index contributed by atoms with van der Waals surface area (Å²) in [6, 6.07) is 7.78. The molecular formula is C22H23N3O2S2. The molecule has 5 nitrogen and oxygen atoms in total. The Hall–Kier alpha value is -2.51. The van der Waals surface area contributed by atoms with Gasteiger partial charge in [-0.2, -0.15) is 0 Å². The molecule has 29 heavy (non-hydrogen) atoms. The SMILES string of the molecule is C=CCN(C(=O)c1csc(-c2ccc(OCC)cc2)n1)c1nc2c(s1)CCCC2. The van der Waals surface area contributed by atoms with Crippen molar-refractivity contribution in [3.8, 4) is 16.3 Å². The molecule has 2 heterocycles. The number of nitrogens with zero attached hydrogens (tertiary/aromatic N) is 3. The minimum Gasteiger partial charge on any atom is -0.494 e. The third-order valence-electron chi connectivity index (χ3n) is 4.76. The van der Waals surface area contributed by atoms with Gasteiger partial charge < -0.3 is 4.74 Å². The van der Waals surface area contributed by atoms with Gasteiger partial charge in [0.2, 0.25) is 0 Å². The van der Waals surface area contributed by atoms with Crippen LogP contribution in [0.4, 0.5) is 5.13 Å². The van der Waals surface area contributed by atoms with Gasteiger partial charge in [-0.15, -0.1) is 29.3 Å². The first-order valence-electron chi connectivity index (χ1n) is 9.79. The lowest BCUT2D eigenvalue weighted by atomic mass is 10.0. The molecule has 1 amide bonds. The zero-order chi connectivity index (χ0) is 20.2. The number of fused-ring (bicyclic) bond motifs is 1. The number of carbonyl (C=O) groups excluding carboxylic acids is 1. The van der Waals surface area contributed by atoms with Crippen LogP contribution < -0.4 is 9.64 Å². The molecule has 0 saturated carbocycles. The average molecular weight is 426 g/mol. The third-order valence-corrected chi connectivity index (χ3v) is 6.83. The van der Waals surface area contributed by atoms with Crippen LogP contribution >= 0.6 is 22.7 Å². The summed E-state index contributed by atoms with van der Waals surface area (Å²) in [5.74, 6) is 0.693. The summed E-state index contributed by atoms with van der Waals surface area (Å²) in [7, 11) is 0. The van der Waals surface area contributed by atoms with Crippen molar-refractivity contribution >= 4 is 33.7 Å². The number of benzene rings is 1. The number of ether oxygens (including phenoxy) is 1. The molecule has 150 valence electrons. The van der Waals surface area contributed by atoms with Crippen LogP contribution in [0.3, 0.4) is 0 Å². The topological polar surface area (TPSA) is 55.3 Å². The van der Waals surface area contributed by atoms with E-state index in [9.17, 15) is 4.79 Å². The van der Waals surface area contributed by atoms with Crippen molar-refractivity contribution in [1.29, 1.82) is 0 Å². The van der Waals surface area contributed by atoms with Crippen molar-refractivity contribution in [2.45, 2.75) is 32.6 Å². The highest BCUT2D eigenvalue weighted by Crippen LogP contribution is 2.33. The van der Waals surface area contributed by atoms with Crippen molar-refractivity contribution < 1.29 is 9.53 Å². The van der Waals surface area contributed by atoms with Crippen molar-refractivity contribution in [2.75, 3.05) is 18.1 Å². The molecule has 0 radical (unpaired) electrons. The number of amides is 1. The number of aromatic nitrogens is 2. The largest absolute Gasteiger partial charge is 0.494 e. The summed E-state index contributed by atoms with van der Waals surface area (Å²) in [5.41, 5.74) is 2.55. The molecule has 3 aromatic rings. The van der Waals surface area contributed by atoms with E-state index >= 15 is 0 Å². The Morgan fingerprint density at radius 2 is 2.03 bits per heavy atom. The average Bonchev–Trinajstić information content (AvgIpc) is 3.39. The fourth-order valence-electron chi connectivity index (χ4n) is 3.33. The Balaban J connectivity index is 1.57. The third kappa shape index (κ3) is 4.26. The predicted octanol–water partition coefficient (Wildman–Crippen LogP) is 5.38. The molecule has 0 spiro atoms. The highest BCUT2D eigenvalue weighted by molar-refractivity contribution is 7.16. The number of carbonyl (C=O) groups is 1. The van der Waals surface area contributed by atoms with E-state index in [1.54, 1.807) is 22.3 Å². The summed E-state index contributed by atoms with van der Waals surface area (Å²) in [6.45, 7) is 6.82. The fraction of sp³-hybridized carbons (Fsp3) is 0.318. The van der Waals surface area contributed by atoms with E-state index in [0.29, 0.717) is 18.8 Å². The van der Waals surface area contributed by atoms with Gasteiger partial charge in [-0.25, -0.2) is 9.97 Å². The highest BCUT2D eigenvalue weighted by Gasteiger charge is 2.25. The molecule has 0 atom stereocenters. The van der Waals surface area contributed by atoms with Crippen LogP contribution in [-0.4, -0.2) is 29.0 Å². The minimum absolute atomic E-state index is 0.135. The van der Waals surface area contributed by atoms with E-state index in [-0.39, 0.29) is 5.91 Å². The first kappa shape index (κ1) is 19.8. The van der Waals surface area contributed by atoms with Crippen LogP contribution in [0.15, 0.2) is 42.3 Å². The van der Waals surface area contributed by atoms with Crippen molar-refractivity contribution in [1.82, 2.24) is 9.97 Å². The maximum atomic E-state index is 13.2. The molecule has 0 aliphatic heterocycles. The van der Waals surface area contributed by atoms with Gasteiger partial charge in [0.1, 0.15) is 16.5 Å². The van der Waals surface area contributed by atoms with Gasteiger partial charge in [-0.05, 0) is 56.9 Å². The van der Waals surface area contributed by atoms with Gasteiger partial charge in [0.05, 0.1) is 12.3 Å². The maximum Gasteiger partial charge on any atom is 0.279 e. The Bertz CT molecular complexity index is 984. The van der Waals surface area contributed by atoms with E-state index < -0.39 is 0 Å². The molecular weight excluding hydrogens is 402 g/mol. The lowest BCUT2D eigenvalue weighted by Crippen LogP contribution is -2.31. The van der Waals surface area contributed by atoms with Crippen LogP contribution in [0.1, 0.15) is 40.8 Å². The molecule has 1 aliphatic carbocycles. The van der Waals surface area contributed by atoms with Crippen LogP contribution in [0.5, 0.6) is 5.75 Å². The van der Waals surface area contributed by atoms with Gasteiger partial charge >= 0.3 is 0 Å². The second kappa shape index (κ2) is 8.88. The minimum atomic E-state index is -0.135. The molecule has 7 heteroatoms. The Labute approximate surface area is 178 Å². The standard InChI is InChI=1S/C22H23N3O2S2/c1-3-13-25(22-24-17-7-5-6-8-19(17)29-22)21(26)18-14-28-20(23-18)15-9-11-16(12-10-15)27-4-2/h3,9-12,14H,1,4-8,13H2,2H3. The van der Waals surface area contributed by atoms with Crippen LogP contribution in [0.2, 0.25) is 0 Å². The Morgan fingerprint density at radius 1 is 1.24 bits per heavy atom. The van der Waals surface area contributed by atoms with Crippen LogP contribution in [0, 0.1) is 0 Å². The molecule has 0 fully saturated rings. The van der Waals surface area contributed by atoms with Crippen molar-refractivity contribution in [3.63, 3.8) is 0 Å². The molecule has 0 bridgehead atoms. The molecule has 1 aliphatic rings. The van der Waals surface area contributed by atoms with Gasteiger partial charge in [0, 0.05) is 22.4 Å². The maximum absolute atomic E-state index is 13.2. The van der Waals surface area contributed by atoms with E-state index in [4.69, 9.17) is 9.72 Å². The molecule has 4 rings (SSSR count).